The van der Waals surface area contributed by atoms with Gasteiger partial charge in [0.1, 0.15) is 5.75 Å². The molecule has 1 N–H and O–H groups in total. The monoisotopic (exact) mass is 383 g/mol. The van der Waals surface area contributed by atoms with Gasteiger partial charge in [0.05, 0.1) is 28.8 Å². The van der Waals surface area contributed by atoms with Crippen LogP contribution >= 0.6 is 11.6 Å². The Morgan fingerprint density at radius 2 is 2.00 bits per heavy atom. The van der Waals surface area contributed by atoms with E-state index >= 15 is 0 Å². The quantitative estimate of drug-likeness (QED) is 0.678. The Morgan fingerprint density at radius 1 is 1.22 bits per heavy atom. The minimum atomic E-state index is -0.212. The Hall–Kier alpha value is -2.60. The summed E-state index contributed by atoms with van der Waals surface area (Å²) in [6.07, 6.45) is 4.33. The molecule has 0 radical (unpaired) electrons. The van der Waals surface area contributed by atoms with Crippen molar-refractivity contribution >= 4 is 34.3 Å². The zero-order chi connectivity index (χ0) is 18.5. The molecule has 2 aliphatic rings. The van der Waals surface area contributed by atoms with Gasteiger partial charge < -0.3 is 14.6 Å². The molecular weight excluding hydrogens is 366 g/mol. The van der Waals surface area contributed by atoms with Crippen LogP contribution < -0.4 is 10.1 Å². The fourth-order valence-corrected chi connectivity index (χ4v) is 3.60. The average molecular weight is 384 g/mol. The van der Waals surface area contributed by atoms with Crippen molar-refractivity contribution in [2.45, 2.75) is 37.5 Å². The van der Waals surface area contributed by atoms with E-state index in [-0.39, 0.29) is 5.91 Å². The standard InChI is InChI=1S/C20H18ClN3O3/c1-26-16-7-6-12(8-14(16)21)22-19(25)13-9-15(10-2-3-10)23-20-17(13)18(24-27-20)11-4-5-11/h6-11H,2-5H2,1H3,(H,22,25). The summed E-state index contributed by atoms with van der Waals surface area (Å²) in [5, 5.41) is 8.32. The molecule has 7 heteroatoms. The Labute approximate surface area is 160 Å². The number of rotatable bonds is 5. The normalized spacial score (nSPS) is 16.5. The van der Waals surface area contributed by atoms with Gasteiger partial charge in [-0.2, -0.15) is 0 Å². The second-order valence-electron chi connectivity index (χ2n) is 7.19. The molecule has 0 bridgehead atoms. The van der Waals surface area contributed by atoms with Crippen LogP contribution in [0, 0.1) is 0 Å². The van der Waals surface area contributed by atoms with Gasteiger partial charge in [0, 0.05) is 23.2 Å². The molecule has 6 nitrogen and oxygen atoms in total. The predicted molar refractivity (Wildman–Crippen MR) is 102 cm³/mol. The molecule has 0 aliphatic heterocycles. The highest BCUT2D eigenvalue weighted by molar-refractivity contribution is 6.32. The summed E-state index contributed by atoms with van der Waals surface area (Å²) in [5.74, 6) is 1.12. The first-order chi connectivity index (χ1) is 13.1. The molecule has 2 saturated carbocycles. The third-order valence-corrected chi connectivity index (χ3v) is 5.40. The first-order valence-corrected chi connectivity index (χ1v) is 9.47. The number of halogens is 1. The van der Waals surface area contributed by atoms with E-state index in [4.69, 9.17) is 20.9 Å². The fraction of sp³-hybridized carbons (Fsp3) is 0.350. The van der Waals surface area contributed by atoms with Crippen LogP contribution in [-0.4, -0.2) is 23.2 Å². The van der Waals surface area contributed by atoms with Crippen LogP contribution in [0.25, 0.3) is 11.1 Å². The third kappa shape index (κ3) is 3.04. The van der Waals surface area contributed by atoms with E-state index in [9.17, 15) is 4.79 Å². The van der Waals surface area contributed by atoms with Crippen LogP contribution in [-0.2, 0) is 0 Å². The van der Waals surface area contributed by atoms with E-state index in [0.717, 1.165) is 42.5 Å². The van der Waals surface area contributed by atoms with Gasteiger partial charge >= 0.3 is 0 Å². The number of aromatic nitrogens is 2. The summed E-state index contributed by atoms with van der Waals surface area (Å²) >= 11 is 6.18. The van der Waals surface area contributed by atoms with Crippen molar-refractivity contribution in [3.05, 3.63) is 46.2 Å². The molecule has 1 amide bonds. The van der Waals surface area contributed by atoms with E-state index in [0.29, 0.717) is 39.6 Å². The molecule has 3 aromatic rings. The Morgan fingerprint density at radius 3 is 2.67 bits per heavy atom. The predicted octanol–water partition coefficient (Wildman–Crippen LogP) is 4.89. The number of fused-ring (bicyclic) bond motifs is 1. The SMILES string of the molecule is COc1ccc(NC(=O)c2cc(C3CC3)nc3onc(C4CC4)c23)cc1Cl. The maximum atomic E-state index is 13.1. The highest BCUT2D eigenvalue weighted by atomic mass is 35.5. The maximum Gasteiger partial charge on any atom is 0.259 e. The number of ether oxygens (including phenoxy) is 1. The number of pyridine rings is 1. The van der Waals surface area contributed by atoms with Gasteiger partial charge in [-0.25, -0.2) is 4.98 Å². The number of carbonyl (C=O) groups is 1. The molecule has 27 heavy (non-hydrogen) atoms. The van der Waals surface area contributed by atoms with Crippen LogP contribution in [0.5, 0.6) is 5.75 Å². The average Bonchev–Trinajstić information content (AvgIpc) is 3.58. The van der Waals surface area contributed by atoms with E-state index in [1.54, 1.807) is 25.3 Å². The second kappa shape index (κ2) is 6.23. The van der Waals surface area contributed by atoms with Crippen LogP contribution in [0.1, 0.15) is 59.3 Å². The smallest absolute Gasteiger partial charge is 0.259 e. The van der Waals surface area contributed by atoms with Crippen LogP contribution in [0.15, 0.2) is 28.8 Å². The second-order valence-corrected chi connectivity index (χ2v) is 7.60. The van der Waals surface area contributed by atoms with Gasteiger partial charge in [0.2, 0.25) is 0 Å². The van der Waals surface area contributed by atoms with Crippen LogP contribution in [0.3, 0.4) is 0 Å². The largest absolute Gasteiger partial charge is 0.495 e. The van der Waals surface area contributed by atoms with Crippen molar-refractivity contribution in [3.8, 4) is 5.75 Å². The van der Waals surface area contributed by atoms with Crippen molar-refractivity contribution in [3.63, 3.8) is 0 Å². The van der Waals surface area contributed by atoms with Gasteiger partial charge in [-0.05, 0) is 49.9 Å². The van der Waals surface area contributed by atoms with E-state index in [1.165, 1.54) is 0 Å². The third-order valence-electron chi connectivity index (χ3n) is 5.11. The summed E-state index contributed by atoms with van der Waals surface area (Å²) in [4.78, 5) is 17.7. The summed E-state index contributed by atoms with van der Waals surface area (Å²) in [6.45, 7) is 0. The van der Waals surface area contributed by atoms with Crippen LogP contribution in [0.4, 0.5) is 5.69 Å². The minimum absolute atomic E-state index is 0.212. The number of nitrogens with zero attached hydrogens (tertiary/aromatic N) is 2. The topological polar surface area (TPSA) is 77.2 Å². The van der Waals surface area contributed by atoms with Gasteiger partial charge in [-0.1, -0.05) is 16.8 Å². The first-order valence-electron chi connectivity index (χ1n) is 9.09. The van der Waals surface area contributed by atoms with Crippen molar-refractivity contribution < 1.29 is 14.1 Å². The van der Waals surface area contributed by atoms with Gasteiger partial charge in [-0.15, -0.1) is 0 Å². The number of amides is 1. The molecule has 1 aromatic carbocycles. The summed E-state index contributed by atoms with van der Waals surface area (Å²) in [6, 6.07) is 7.06. The molecule has 0 unspecified atom stereocenters. The minimum Gasteiger partial charge on any atom is -0.495 e. The van der Waals surface area contributed by atoms with E-state index in [1.807, 2.05) is 6.07 Å². The number of hydrogen-bond donors (Lipinski definition) is 1. The summed E-state index contributed by atoms with van der Waals surface area (Å²) in [5.41, 5.74) is 3.38. The lowest BCUT2D eigenvalue weighted by Gasteiger charge is -2.10. The molecule has 0 spiro atoms. The molecule has 5 rings (SSSR count). The Balaban J connectivity index is 1.55. The Kier molecular flexibility index (Phi) is 3.82. The van der Waals surface area contributed by atoms with E-state index < -0.39 is 0 Å². The Bertz CT molecular complexity index is 1050. The molecule has 2 aliphatic carbocycles. The highest BCUT2D eigenvalue weighted by Crippen LogP contribution is 2.45. The molecule has 2 fully saturated rings. The van der Waals surface area contributed by atoms with Crippen molar-refractivity contribution in [1.82, 2.24) is 10.1 Å². The molecular formula is C20H18ClN3O3. The number of hydrogen-bond acceptors (Lipinski definition) is 5. The number of benzene rings is 1. The fourth-order valence-electron chi connectivity index (χ4n) is 3.34. The summed E-state index contributed by atoms with van der Waals surface area (Å²) < 4.78 is 10.6. The lowest BCUT2D eigenvalue weighted by atomic mass is 10.0. The van der Waals surface area contributed by atoms with Crippen LogP contribution in [0.2, 0.25) is 5.02 Å². The van der Waals surface area contributed by atoms with Gasteiger partial charge in [0.25, 0.3) is 11.6 Å². The number of carbonyl (C=O) groups excluding carboxylic acids is 1. The van der Waals surface area contributed by atoms with Crippen molar-refractivity contribution in [1.29, 1.82) is 0 Å². The lowest BCUT2D eigenvalue weighted by Crippen LogP contribution is -2.13. The van der Waals surface area contributed by atoms with Gasteiger partial charge in [-0.3, -0.25) is 4.79 Å². The number of nitrogens with one attached hydrogen (secondary N) is 1. The number of methoxy groups -OCH3 is 1. The first kappa shape index (κ1) is 16.6. The number of anilines is 1. The molecule has 2 heterocycles. The van der Waals surface area contributed by atoms with E-state index in [2.05, 4.69) is 15.5 Å². The highest BCUT2D eigenvalue weighted by Gasteiger charge is 2.34. The molecule has 0 atom stereocenters. The molecule has 2 aromatic heterocycles. The van der Waals surface area contributed by atoms with Crippen molar-refractivity contribution in [2.24, 2.45) is 0 Å². The lowest BCUT2D eigenvalue weighted by molar-refractivity contribution is 0.102. The summed E-state index contributed by atoms with van der Waals surface area (Å²) in [7, 11) is 1.55. The maximum absolute atomic E-state index is 13.1. The molecule has 138 valence electrons. The van der Waals surface area contributed by atoms with Gasteiger partial charge in [0.15, 0.2) is 0 Å². The van der Waals surface area contributed by atoms with Crippen molar-refractivity contribution in [2.75, 3.05) is 12.4 Å². The zero-order valence-electron chi connectivity index (χ0n) is 14.8. The molecule has 0 saturated heterocycles. The zero-order valence-corrected chi connectivity index (χ0v) is 15.5.